The van der Waals surface area contributed by atoms with Gasteiger partial charge in [0.15, 0.2) is 0 Å². The highest BCUT2D eigenvalue weighted by Gasteiger charge is 2.49. The number of imide groups is 1. The van der Waals surface area contributed by atoms with Gasteiger partial charge in [-0.25, -0.2) is 9.48 Å². The van der Waals surface area contributed by atoms with Crippen molar-refractivity contribution in [2.24, 2.45) is 0 Å². The molecule has 5 rings (SSSR count). The molecule has 1 aliphatic rings. The third-order valence-corrected chi connectivity index (χ3v) is 6.57. The van der Waals surface area contributed by atoms with Gasteiger partial charge in [-0.05, 0) is 50.1 Å². The van der Waals surface area contributed by atoms with Crippen LogP contribution in [0.15, 0.2) is 84.9 Å². The molecule has 186 valence electrons. The molecule has 0 radical (unpaired) electrons. The molecule has 2 heterocycles. The number of para-hydroxylation sites is 1. The number of nitrogens with zero attached hydrogens (tertiary/aromatic N) is 3. The number of amides is 4. The Hall–Kier alpha value is -4.72. The lowest BCUT2D eigenvalue weighted by molar-refractivity contribution is -0.133. The van der Waals surface area contributed by atoms with Gasteiger partial charge in [0.05, 0.1) is 11.4 Å². The second kappa shape index (κ2) is 9.39. The number of hydrogen-bond donors (Lipinski definition) is 2. The SMILES string of the molecule is Cc1ccc(C)c(-c2cc(NC(=O)CN3C(=O)NC(C)(c4ccccc4)C3=O)n(-c3ccccc3)n2)c1. The Bertz CT molecular complexity index is 1500. The monoisotopic (exact) mass is 493 g/mol. The molecule has 2 N–H and O–H groups in total. The Morgan fingerprint density at radius 2 is 1.62 bits per heavy atom. The molecule has 3 aromatic carbocycles. The molecule has 0 bridgehead atoms. The fourth-order valence-corrected chi connectivity index (χ4v) is 4.51. The molecule has 1 saturated heterocycles. The number of benzene rings is 3. The predicted molar refractivity (Wildman–Crippen MR) is 141 cm³/mol. The number of urea groups is 1. The van der Waals surface area contributed by atoms with E-state index in [1.165, 1.54) is 0 Å². The quantitative estimate of drug-likeness (QED) is 0.385. The molecule has 1 fully saturated rings. The number of rotatable bonds is 6. The second-order valence-corrected chi connectivity index (χ2v) is 9.34. The van der Waals surface area contributed by atoms with E-state index in [-0.39, 0.29) is 0 Å². The number of carbonyl (C=O) groups excluding carboxylic acids is 3. The molecule has 0 saturated carbocycles. The van der Waals surface area contributed by atoms with Crippen molar-refractivity contribution in [1.82, 2.24) is 20.0 Å². The van der Waals surface area contributed by atoms with E-state index in [0.717, 1.165) is 27.3 Å². The van der Waals surface area contributed by atoms with E-state index in [2.05, 4.69) is 16.7 Å². The Labute approximate surface area is 214 Å². The Morgan fingerprint density at radius 3 is 2.32 bits per heavy atom. The fourth-order valence-electron chi connectivity index (χ4n) is 4.51. The maximum Gasteiger partial charge on any atom is 0.325 e. The fraction of sp³-hybridized carbons (Fsp3) is 0.172. The van der Waals surface area contributed by atoms with Gasteiger partial charge in [-0.1, -0.05) is 66.2 Å². The first-order chi connectivity index (χ1) is 17.8. The van der Waals surface area contributed by atoms with Crippen molar-refractivity contribution in [3.63, 3.8) is 0 Å². The third-order valence-electron chi connectivity index (χ3n) is 6.57. The number of nitrogens with one attached hydrogen (secondary N) is 2. The molecular formula is C29H27N5O3. The summed E-state index contributed by atoms with van der Waals surface area (Å²) in [5.41, 5.74) is 3.99. The van der Waals surface area contributed by atoms with Crippen LogP contribution in [0.5, 0.6) is 0 Å². The van der Waals surface area contributed by atoms with Crippen molar-refractivity contribution in [3.05, 3.63) is 102 Å². The highest BCUT2D eigenvalue weighted by Crippen LogP contribution is 2.30. The Morgan fingerprint density at radius 1 is 0.946 bits per heavy atom. The maximum atomic E-state index is 13.2. The standard InChI is InChI=1S/C29H27N5O3/c1-19-14-15-20(2)23(16-19)24-17-25(34(32-24)22-12-8-5-9-13-22)30-26(35)18-33-27(36)29(3,31-28(33)37)21-10-6-4-7-11-21/h4-17H,18H2,1-3H3,(H,30,35)(H,31,37). The predicted octanol–water partition coefficient (Wildman–Crippen LogP) is 4.56. The number of aromatic nitrogens is 2. The van der Waals surface area contributed by atoms with Gasteiger partial charge in [0.25, 0.3) is 5.91 Å². The van der Waals surface area contributed by atoms with Crippen LogP contribution in [0.3, 0.4) is 0 Å². The molecule has 1 atom stereocenters. The second-order valence-electron chi connectivity index (χ2n) is 9.34. The molecule has 37 heavy (non-hydrogen) atoms. The summed E-state index contributed by atoms with van der Waals surface area (Å²) in [6.07, 6.45) is 0. The van der Waals surface area contributed by atoms with Crippen LogP contribution in [0.2, 0.25) is 0 Å². The minimum Gasteiger partial charge on any atom is -0.319 e. The van der Waals surface area contributed by atoms with Gasteiger partial charge in [-0.2, -0.15) is 5.10 Å². The van der Waals surface area contributed by atoms with E-state index in [0.29, 0.717) is 17.1 Å². The van der Waals surface area contributed by atoms with Crippen molar-refractivity contribution in [2.75, 3.05) is 11.9 Å². The number of hydrogen-bond acceptors (Lipinski definition) is 4. The summed E-state index contributed by atoms with van der Waals surface area (Å²) < 4.78 is 1.65. The molecule has 4 amide bonds. The highest BCUT2D eigenvalue weighted by atomic mass is 16.2. The molecule has 0 spiro atoms. The van der Waals surface area contributed by atoms with Crippen molar-refractivity contribution in [1.29, 1.82) is 0 Å². The normalized spacial score (nSPS) is 17.1. The summed E-state index contributed by atoms with van der Waals surface area (Å²) in [6, 6.07) is 25.7. The van der Waals surface area contributed by atoms with Crippen LogP contribution >= 0.6 is 0 Å². The zero-order valence-corrected chi connectivity index (χ0v) is 20.9. The van der Waals surface area contributed by atoms with Gasteiger partial charge in [-0.3, -0.25) is 14.5 Å². The molecule has 1 aliphatic heterocycles. The average Bonchev–Trinajstić information content (AvgIpc) is 3.41. The van der Waals surface area contributed by atoms with Gasteiger partial charge in [0, 0.05) is 11.6 Å². The van der Waals surface area contributed by atoms with Crippen LogP contribution < -0.4 is 10.6 Å². The Kier molecular flexibility index (Phi) is 6.09. The smallest absolute Gasteiger partial charge is 0.319 e. The van der Waals surface area contributed by atoms with E-state index in [1.54, 1.807) is 41.9 Å². The van der Waals surface area contributed by atoms with Gasteiger partial charge in [0.1, 0.15) is 17.9 Å². The zero-order chi connectivity index (χ0) is 26.2. The maximum absolute atomic E-state index is 13.2. The lowest BCUT2D eigenvalue weighted by Crippen LogP contribution is -2.42. The van der Waals surface area contributed by atoms with Crippen LogP contribution in [-0.4, -0.2) is 39.1 Å². The third kappa shape index (κ3) is 4.49. The molecule has 4 aromatic rings. The van der Waals surface area contributed by atoms with Gasteiger partial charge in [0.2, 0.25) is 5.91 Å². The minimum absolute atomic E-state index is 0.425. The zero-order valence-electron chi connectivity index (χ0n) is 20.9. The van der Waals surface area contributed by atoms with Crippen LogP contribution in [0, 0.1) is 13.8 Å². The summed E-state index contributed by atoms with van der Waals surface area (Å²) in [7, 11) is 0. The van der Waals surface area contributed by atoms with Crippen molar-refractivity contribution in [2.45, 2.75) is 26.3 Å². The first-order valence-corrected chi connectivity index (χ1v) is 12.0. The van der Waals surface area contributed by atoms with Crippen LogP contribution in [0.1, 0.15) is 23.6 Å². The molecule has 8 heteroatoms. The number of carbonyl (C=O) groups is 3. The lowest BCUT2D eigenvalue weighted by Gasteiger charge is -2.22. The summed E-state index contributed by atoms with van der Waals surface area (Å²) in [6.45, 7) is 5.24. The van der Waals surface area contributed by atoms with Gasteiger partial charge in [-0.15, -0.1) is 0 Å². The van der Waals surface area contributed by atoms with Crippen LogP contribution in [-0.2, 0) is 15.1 Å². The van der Waals surface area contributed by atoms with Crippen LogP contribution in [0.25, 0.3) is 16.9 Å². The summed E-state index contributed by atoms with van der Waals surface area (Å²) in [5.74, 6) is -0.554. The largest absolute Gasteiger partial charge is 0.325 e. The molecular weight excluding hydrogens is 466 g/mol. The minimum atomic E-state index is -1.24. The van der Waals surface area contributed by atoms with Gasteiger partial charge < -0.3 is 10.6 Å². The topological polar surface area (TPSA) is 96.3 Å². The van der Waals surface area contributed by atoms with E-state index in [9.17, 15) is 14.4 Å². The Balaban J connectivity index is 1.43. The van der Waals surface area contributed by atoms with Crippen LogP contribution in [0.4, 0.5) is 10.6 Å². The molecule has 1 aromatic heterocycles. The number of aryl methyl sites for hydroxylation is 2. The van der Waals surface area contributed by atoms with Crippen molar-refractivity contribution in [3.8, 4) is 16.9 Å². The molecule has 0 aliphatic carbocycles. The average molecular weight is 494 g/mol. The summed E-state index contributed by atoms with van der Waals surface area (Å²) >= 11 is 0. The lowest BCUT2D eigenvalue weighted by atomic mass is 9.92. The van der Waals surface area contributed by atoms with E-state index in [1.807, 2.05) is 62.4 Å². The van der Waals surface area contributed by atoms with Gasteiger partial charge >= 0.3 is 6.03 Å². The molecule has 8 nitrogen and oxygen atoms in total. The van der Waals surface area contributed by atoms with E-state index in [4.69, 9.17) is 5.10 Å². The van der Waals surface area contributed by atoms with E-state index >= 15 is 0 Å². The molecule has 1 unspecified atom stereocenters. The first kappa shape index (κ1) is 24.0. The highest BCUT2D eigenvalue weighted by molar-refractivity contribution is 6.10. The van der Waals surface area contributed by atoms with Crippen molar-refractivity contribution < 1.29 is 14.4 Å². The summed E-state index contributed by atoms with van der Waals surface area (Å²) in [4.78, 5) is 40.0. The first-order valence-electron chi connectivity index (χ1n) is 12.0. The summed E-state index contributed by atoms with van der Waals surface area (Å²) in [5, 5.41) is 10.4. The number of anilines is 1. The van der Waals surface area contributed by atoms with Crippen molar-refractivity contribution >= 4 is 23.7 Å². The van der Waals surface area contributed by atoms with E-state index < -0.39 is 29.9 Å².